The Hall–Kier alpha value is -1.02. The molecule has 3 rings (SSSR count). The van der Waals surface area contributed by atoms with E-state index in [0.29, 0.717) is 0 Å². The van der Waals surface area contributed by atoms with E-state index in [9.17, 15) is 0 Å². The quantitative estimate of drug-likeness (QED) is 0.519. The molecule has 0 aliphatic heterocycles. The molecule has 0 amide bonds. The molecule has 0 saturated carbocycles. The van der Waals surface area contributed by atoms with Gasteiger partial charge in [0, 0.05) is 0 Å². The van der Waals surface area contributed by atoms with Crippen LogP contribution in [0, 0.1) is 6.42 Å². The van der Waals surface area contributed by atoms with E-state index in [2.05, 4.69) is 48.9 Å². The van der Waals surface area contributed by atoms with Gasteiger partial charge < -0.3 is 0 Å². The summed E-state index contributed by atoms with van der Waals surface area (Å²) in [5.41, 5.74) is 5.54. The van der Waals surface area contributed by atoms with Crippen molar-refractivity contribution in [3.8, 4) is 11.1 Å². The molecular weight excluding hydrogens is 229 g/mol. The van der Waals surface area contributed by atoms with Crippen LogP contribution in [0.15, 0.2) is 42.5 Å². The first-order chi connectivity index (χ1) is 6.84. The van der Waals surface area contributed by atoms with Gasteiger partial charge in [-0.1, -0.05) is 0 Å². The van der Waals surface area contributed by atoms with Crippen LogP contribution >= 0.6 is 0 Å². The predicted molar refractivity (Wildman–Crippen MR) is 64.0 cm³/mol. The van der Waals surface area contributed by atoms with Crippen LogP contribution in [0.1, 0.15) is 11.1 Å². The molecule has 1 heteroatoms. The Morgan fingerprint density at radius 2 is 1.57 bits per heavy atom. The first-order valence-corrected chi connectivity index (χ1v) is 6.99. The summed E-state index contributed by atoms with van der Waals surface area (Å²) < 4.78 is 1.51. The Balaban J connectivity index is 2.27. The van der Waals surface area contributed by atoms with Crippen LogP contribution in [-0.4, -0.2) is 16.5 Å². The third kappa shape index (κ3) is 1.14. The number of fused-ring (bicyclic) bond motifs is 3. The molecule has 2 aromatic rings. The van der Waals surface area contributed by atoms with Gasteiger partial charge in [-0.25, -0.2) is 0 Å². The zero-order valence-corrected chi connectivity index (χ0v) is 12.3. The van der Waals surface area contributed by atoms with Gasteiger partial charge in [0.05, 0.1) is 0 Å². The molecule has 2 aromatic carbocycles. The van der Waals surface area contributed by atoms with E-state index >= 15 is 0 Å². The summed E-state index contributed by atoms with van der Waals surface area (Å²) in [6, 6.07) is 15.5. The first kappa shape index (κ1) is 8.30. The Bertz CT molecular complexity index is 500. The van der Waals surface area contributed by atoms with E-state index < -0.39 is 0 Å². The van der Waals surface area contributed by atoms with Gasteiger partial charge in [0.2, 0.25) is 0 Å². The standard InChI is InChI=1S/C13H11Ge/c14-11-5-6-13-10(8-11)7-9-3-1-2-4-12(9)13/h1-8H,14H3. The summed E-state index contributed by atoms with van der Waals surface area (Å²) in [4.78, 5) is 0. The monoisotopic (exact) mass is 241 g/mol. The SMILES string of the molecule is [GeH3][c]1ccc2c(c1)[CH]c1ccccc1-2. The van der Waals surface area contributed by atoms with Crippen LogP contribution in [0.25, 0.3) is 11.1 Å². The number of hydrogen-bond donors (Lipinski definition) is 0. The van der Waals surface area contributed by atoms with Crippen molar-refractivity contribution >= 4 is 20.9 Å². The van der Waals surface area contributed by atoms with Crippen LogP contribution in [0.3, 0.4) is 0 Å². The molecule has 0 atom stereocenters. The third-order valence-electron chi connectivity index (χ3n) is 2.77. The minimum atomic E-state index is 0.782. The fraction of sp³-hybridized carbons (Fsp3) is 0. The molecule has 0 aromatic heterocycles. The van der Waals surface area contributed by atoms with Gasteiger partial charge in [0.1, 0.15) is 0 Å². The van der Waals surface area contributed by atoms with Crippen LogP contribution in [-0.2, 0) is 0 Å². The normalized spacial score (nSPS) is 12.6. The van der Waals surface area contributed by atoms with Gasteiger partial charge in [0.15, 0.2) is 0 Å². The zero-order chi connectivity index (χ0) is 9.54. The first-order valence-electron chi connectivity index (χ1n) is 4.89. The van der Waals surface area contributed by atoms with Gasteiger partial charge in [-0.15, -0.1) is 0 Å². The Morgan fingerprint density at radius 1 is 0.786 bits per heavy atom. The van der Waals surface area contributed by atoms with E-state index in [1.54, 1.807) is 0 Å². The maximum absolute atomic E-state index is 2.33. The molecule has 1 radical (unpaired) electrons. The fourth-order valence-electron chi connectivity index (χ4n) is 2.08. The van der Waals surface area contributed by atoms with Crippen LogP contribution < -0.4 is 4.40 Å². The Morgan fingerprint density at radius 3 is 2.50 bits per heavy atom. The topological polar surface area (TPSA) is 0 Å². The molecule has 0 bridgehead atoms. The summed E-state index contributed by atoms with van der Waals surface area (Å²) in [5.74, 6) is 0. The summed E-state index contributed by atoms with van der Waals surface area (Å²) in [5, 5.41) is 0. The second kappa shape index (κ2) is 2.99. The average molecular weight is 240 g/mol. The van der Waals surface area contributed by atoms with Crippen molar-refractivity contribution in [2.75, 3.05) is 0 Å². The molecule has 0 heterocycles. The molecule has 1 aliphatic rings. The molecule has 0 N–H and O–H groups in total. The molecule has 67 valence electrons. The van der Waals surface area contributed by atoms with Crippen molar-refractivity contribution in [2.45, 2.75) is 0 Å². The fourth-order valence-corrected chi connectivity index (χ4v) is 3.08. The third-order valence-corrected chi connectivity index (χ3v) is 4.07. The Labute approximate surface area is 92.2 Å². The van der Waals surface area contributed by atoms with Crippen molar-refractivity contribution in [2.24, 2.45) is 0 Å². The summed E-state index contributed by atoms with van der Waals surface area (Å²) in [6.07, 6.45) is 2.29. The van der Waals surface area contributed by atoms with Crippen molar-refractivity contribution in [1.29, 1.82) is 0 Å². The summed E-state index contributed by atoms with van der Waals surface area (Å²) in [6.45, 7) is 0. The molecule has 14 heavy (non-hydrogen) atoms. The summed E-state index contributed by atoms with van der Waals surface area (Å²) >= 11 is 0.782. The van der Waals surface area contributed by atoms with E-state index in [-0.39, 0.29) is 0 Å². The summed E-state index contributed by atoms with van der Waals surface area (Å²) in [7, 11) is 0. The second-order valence-corrected chi connectivity index (χ2v) is 6.24. The molecule has 0 unspecified atom stereocenters. The Kier molecular flexibility index (Phi) is 1.77. The average Bonchev–Trinajstić information content (AvgIpc) is 2.54. The molecule has 0 saturated heterocycles. The van der Waals surface area contributed by atoms with Crippen molar-refractivity contribution in [3.05, 3.63) is 60.0 Å². The molecule has 0 spiro atoms. The van der Waals surface area contributed by atoms with Crippen LogP contribution in [0.4, 0.5) is 0 Å². The number of hydrogen-bond acceptors (Lipinski definition) is 0. The van der Waals surface area contributed by atoms with Gasteiger partial charge in [-0.2, -0.15) is 0 Å². The molecule has 1 aliphatic carbocycles. The van der Waals surface area contributed by atoms with E-state index in [4.69, 9.17) is 0 Å². The van der Waals surface area contributed by atoms with E-state index in [0.717, 1.165) is 16.5 Å². The minimum absolute atomic E-state index is 0.782. The van der Waals surface area contributed by atoms with Crippen molar-refractivity contribution in [1.82, 2.24) is 0 Å². The number of benzene rings is 2. The van der Waals surface area contributed by atoms with Crippen LogP contribution in [0.2, 0.25) is 0 Å². The van der Waals surface area contributed by atoms with Crippen molar-refractivity contribution < 1.29 is 0 Å². The molecule has 0 fully saturated rings. The molecular formula is C13H11Ge. The van der Waals surface area contributed by atoms with E-state index in [1.165, 1.54) is 26.6 Å². The van der Waals surface area contributed by atoms with E-state index in [1.807, 2.05) is 0 Å². The van der Waals surface area contributed by atoms with Gasteiger partial charge in [-0.05, 0) is 0 Å². The van der Waals surface area contributed by atoms with Gasteiger partial charge >= 0.3 is 92.0 Å². The zero-order valence-electron chi connectivity index (χ0n) is 8.12. The second-order valence-electron chi connectivity index (χ2n) is 3.82. The maximum atomic E-state index is 2.33. The van der Waals surface area contributed by atoms with Gasteiger partial charge in [0.25, 0.3) is 0 Å². The molecule has 0 nitrogen and oxygen atoms in total. The predicted octanol–water partition coefficient (Wildman–Crippen LogP) is 1.26. The number of rotatable bonds is 0. The van der Waals surface area contributed by atoms with Crippen LogP contribution in [0.5, 0.6) is 0 Å². The van der Waals surface area contributed by atoms with Gasteiger partial charge in [-0.3, -0.25) is 0 Å². The van der Waals surface area contributed by atoms with Crippen molar-refractivity contribution in [3.63, 3.8) is 0 Å².